The average Bonchev–Trinajstić information content (AvgIpc) is 3.07. The molecule has 0 saturated carbocycles. The maximum atomic E-state index is 11.7. The first kappa shape index (κ1) is 19.3. The monoisotopic (exact) mass is 400 g/mol. The van der Waals surface area contributed by atoms with E-state index in [1.807, 2.05) is 51.1 Å². The maximum Gasteiger partial charge on any atom is 0.408 e. The second-order valence-electron chi connectivity index (χ2n) is 6.64. The van der Waals surface area contributed by atoms with Crippen LogP contribution in [0, 0.1) is 0 Å². The number of benzene rings is 1. The molecule has 1 N–H and O–H groups in total. The van der Waals surface area contributed by atoms with Gasteiger partial charge in [0.25, 0.3) is 0 Å². The van der Waals surface area contributed by atoms with Crippen molar-refractivity contribution in [3.8, 4) is 11.4 Å². The lowest BCUT2D eigenvalue weighted by Crippen LogP contribution is -2.32. The Hall–Kier alpha value is -2.45. The number of carbonyl (C=O) groups is 1. The van der Waals surface area contributed by atoms with Crippen molar-refractivity contribution in [1.82, 2.24) is 20.3 Å². The maximum absolute atomic E-state index is 11.7. The molecule has 8 heteroatoms. The van der Waals surface area contributed by atoms with Gasteiger partial charge < -0.3 is 10.1 Å². The first-order valence-electron chi connectivity index (χ1n) is 8.36. The molecule has 0 aliphatic heterocycles. The van der Waals surface area contributed by atoms with E-state index in [0.717, 1.165) is 19.7 Å². The molecular formula is C19H20N4O2S2. The van der Waals surface area contributed by atoms with Crippen LogP contribution in [0.4, 0.5) is 4.79 Å². The van der Waals surface area contributed by atoms with Crippen molar-refractivity contribution in [3.05, 3.63) is 53.9 Å². The highest BCUT2D eigenvalue weighted by Gasteiger charge is 2.16. The van der Waals surface area contributed by atoms with Crippen molar-refractivity contribution in [2.45, 2.75) is 42.0 Å². The van der Waals surface area contributed by atoms with Crippen molar-refractivity contribution in [2.24, 2.45) is 0 Å². The molecule has 1 amide bonds. The fraction of sp³-hybridized carbons (Fsp3) is 0.263. The number of alkyl carbamates (subject to hydrolysis) is 1. The Morgan fingerprint density at radius 2 is 1.81 bits per heavy atom. The quantitative estimate of drug-likeness (QED) is 0.664. The molecule has 0 spiro atoms. The number of aromatic nitrogens is 3. The number of ether oxygens (including phenoxy) is 1. The third-order valence-corrected chi connectivity index (χ3v) is 5.24. The molecule has 0 saturated heterocycles. The van der Waals surface area contributed by atoms with Gasteiger partial charge in [0.15, 0.2) is 5.82 Å². The minimum Gasteiger partial charge on any atom is -0.444 e. The Morgan fingerprint density at radius 3 is 2.48 bits per heavy atom. The molecule has 3 rings (SSSR count). The van der Waals surface area contributed by atoms with Gasteiger partial charge >= 0.3 is 6.09 Å². The van der Waals surface area contributed by atoms with Crippen LogP contribution in [0.25, 0.3) is 11.4 Å². The van der Waals surface area contributed by atoms with Crippen molar-refractivity contribution >= 4 is 29.2 Å². The Labute approximate surface area is 166 Å². The van der Waals surface area contributed by atoms with Crippen LogP contribution in [-0.2, 0) is 11.3 Å². The minimum absolute atomic E-state index is 0.337. The zero-order valence-electron chi connectivity index (χ0n) is 15.3. The summed E-state index contributed by atoms with van der Waals surface area (Å²) in [5, 5.41) is 3.52. The lowest BCUT2D eigenvalue weighted by atomic mass is 10.2. The van der Waals surface area contributed by atoms with E-state index in [-0.39, 0.29) is 0 Å². The van der Waals surface area contributed by atoms with Gasteiger partial charge in [-0.15, -0.1) is 11.3 Å². The van der Waals surface area contributed by atoms with Gasteiger partial charge in [0.1, 0.15) is 10.6 Å². The highest BCUT2D eigenvalue weighted by molar-refractivity contribution is 8.01. The molecule has 140 valence electrons. The van der Waals surface area contributed by atoms with Gasteiger partial charge in [-0.2, -0.15) is 0 Å². The lowest BCUT2D eigenvalue weighted by molar-refractivity contribution is 0.0523. The normalized spacial score (nSPS) is 11.2. The molecule has 1 aromatic carbocycles. The fourth-order valence-electron chi connectivity index (χ4n) is 2.11. The van der Waals surface area contributed by atoms with E-state index >= 15 is 0 Å². The SMILES string of the molecule is CC(C)(C)OC(=O)NCc1ncc(Sc2cnc(-c3ccccc3)nc2)s1. The summed E-state index contributed by atoms with van der Waals surface area (Å²) in [6.45, 7) is 5.82. The summed E-state index contributed by atoms with van der Waals surface area (Å²) in [6, 6.07) is 9.86. The molecule has 0 unspecified atom stereocenters. The van der Waals surface area contributed by atoms with Crippen LogP contribution in [0.2, 0.25) is 0 Å². The lowest BCUT2D eigenvalue weighted by Gasteiger charge is -2.19. The van der Waals surface area contributed by atoms with E-state index in [1.54, 1.807) is 30.4 Å². The second kappa shape index (κ2) is 8.49. The van der Waals surface area contributed by atoms with Gasteiger partial charge in [-0.25, -0.2) is 19.7 Å². The number of nitrogens with one attached hydrogen (secondary N) is 1. The van der Waals surface area contributed by atoms with E-state index in [1.165, 1.54) is 11.3 Å². The van der Waals surface area contributed by atoms with Crippen LogP contribution in [0.3, 0.4) is 0 Å². The number of amides is 1. The third-order valence-electron chi connectivity index (χ3n) is 3.19. The molecule has 2 heterocycles. The molecule has 0 bridgehead atoms. The van der Waals surface area contributed by atoms with Gasteiger partial charge in [-0.1, -0.05) is 42.1 Å². The van der Waals surface area contributed by atoms with Gasteiger partial charge in [-0.05, 0) is 20.8 Å². The first-order valence-corrected chi connectivity index (χ1v) is 9.99. The molecule has 0 atom stereocenters. The standard InChI is InChI=1S/C19H20N4O2S2/c1-19(2,3)25-18(24)23-11-15-20-12-16(27-15)26-14-9-21-17(22-10-14)13-7-5-4-6-8-13/h4-10,12H,11H2,1-3H3,(H,23,24). The van der Waals surface area contributed by atoms with Crippen molar-refractivity contribution in [1.29, 1.82) is 0 Å². The van der Waals surface area contributed by atoms with Crippen LogP contribution < -0.4 is 5.32 Å². The molecule has 0 aliphatic carbocycles. The average molecular weight is 401 g/mol. The molecule has 27 heavy (non-hydrogen) atoms. The molecule has 2 aromatic heterocycles. The predicted octanol–water partition coefficient (Wildman–Crippen LogP) is 4.78. The largest absolute Gasteiger partial charge is 0.444 e. The second-order valence-corrected chi connectivity index (χ2v) is 9.13. The van der Waals surface area contributed by atoms with Crippen LogP contribution in [0.15, 0.2) is 58.0 Å². The van der Waals surface area contributed by atoms with E-state index in [9.17, 15) is 4.79 Å². The first-order chi connectivity index (χ1) is 12.9. The molecule has 0 radical (unpaired) electrons. The van der Waals surface area contributed by atoms with E-state index in [0.29, 0.717) is 12.4 Å². The summed E-state index contributed by atoms with van der Waals surface area (Å²) in [5.41, 5.74) is 0.474. The number of hydrogen-bond donors (Lipinski definition) is 1. The highest BCUT2D eigenvalue weighted by atomic mass is 32.2. The summed E-state index contributed by atoms with van der Waals surface area (Å²) < 4.78 is 6.22. The summed E-state index contributed by atoms with van der Waals surface area (Å²) in [5.74, 6) is 0.700. The molecule has 3 aromatic rings. The summed E-state index contributed by atoms with van der Waals surface area (Å²) in [7, 11) is 0. The van der Waals surface area contributed by atoms with Crippen molar-refractivity contribution in [2.75, 3.05) is 0 Å². The number of rotatable bonds is 5. The molecule has 0 aliphatic rings. The van der Waals surface area contributed by atoms with Gasteiger partial charge in [0.2, 0.25) is 0 Å². The van der Waals surface area contributed by atoms with E-state index in [2.05, 4.69) is 20.3 Å². The summed E-state index contributed by atoms with van der Waals surface area (Å²) >= 11 is 3.06. The van der Waals surface area contributed by atoms with Crippen LogP contribution in [0.1, 0.15) is 25.8 Å². The number of hydrogen-bond acceptors (Lipinski definition) is 7. The number of thiazole rings is 1. The number of nitrogens with zero attached hydrogens (tertiary/aromatic N) is 3. The van der Waals surface area contributed by atoms with Crippen molar-refractivity contribution < 1.29 is 9.53 Å². The minimum atomic E-state index is -0.514. The summed E-state index contributed by atoms with van der Waals surface area (Å²) in [6.07, 6.45) is 4.94. The Bertz CT molecular complexity index is 890. The van der Waals surface area contributed by atoms with Crippen LogP contribution in [-0.4, -0.2) is 26.6 Å². The van der Waals surface area contributed by atoms with Crippen molar-refractivity contribution in [3.63, 3.8) is 0 Å². The smallest absolute Gasteiger partial charge is 0.408 e. The molecule has 6 nitrogen and oxygen atoms in total. The van der Waals surface area contributed by atoms with E-state index < -0.39 is 11.7 Å². The van der Waals surface area contributed by atoms with Gasteiger partial charge in [0.05, 0.1) is 17.0 Å². The zero-order chi connectivity index (χ0) is 19.3. The Morgan fingerprint density at radius 1 is 1.11 bits per heavy atom. The highest BCUT2D eigenvalue weighted by Crippen LogP contribution is 2.31. The number of carbonyl (C=O) groups excluding carboxylic acids is 1. The van der Waals surface area contributed by atoms with Crippen LogP contribution >= 0.6 is 23.1 Å². The fourth-order valence-corrected chi connectivity index (χ4v) is 3.99. The Balaban J connectivity index is 1.55. The Kier molecular flexibility index (Phi) is 6.08. The zero-order valence-corrected chi connectivity index (χ0v) is 16.9. The predicted molar refractivity (Wildman–Crippen MR) is 107 cm³/mol. The third kappa shape index (κ3) is 6.04. The van der Waals surface area contributed by atoms with E-state index in [4.69, 9.17) is 4.74 Å². The van der Waals surface area contributed by atoms with Crippen LogP contribution in [0.5, 0.6) is 0 Å². The van der Waals surface area contributed by atoms with Gasteiger partial charge in [-0.3, -0.25) is 0 Å². The molecular weight excluding hydrogens is 380 g/mol. The topological polar surface area (TPSA) is 77.0 Å². The molecule has 0 fully saturated rings. The van der Waals surface area contributed by atoms with Gasteiger partial charge in [0, 0.05) is 22.9 Å². The summed E-state index contributed by atoms with van der Waals surface area (Å²) in [4.78, 5) is 25.8.